The quantitative estimate of drug-likeness (QED) is 0.499. The molecular formula is C18H13FN2. The van der Waals surface area contributed by atoms with Crippen LogP contribution in [-0.2, 0) is 7.05 Å². The highest BCUT2D eigenvalue weighted by molar-refractivity contribution is 6.08. The molecule has 4 rings (SSSR count). The van der Waals surface area contributed by atoms with E-state index in [0.717, 1.165) is 27.5 Å². The van der Waals surface area contributed by atoms with Gasteiger partial charge in [-0.2, -0.15) is 0 Å². The van der Waals surface area contributed by atoms with Crippen molar-refractivity contribution in [1.29, 1.82) is 0 Å². The van der Waals surface area contributed by atoms with Crippen LogP contribution < -0.4 is 0 Å². The molecule has 0 fully saturated rings. The van der Waals surface area contributed by atoms with Crippen LogP contribution in [0.15, 0.2) is 60.9 Å². The lowest BCUT2D eigenvalue weighted by molar-refractivity contribution is 0.628. The van der Waals surface area contributed by atoms with Gasteiger partial charge in [0.1, 0.15) is 5.82 Å². The van der Waals surface area contributed by atoms with Crippen LogP contribution >= 0.6 is 0 Å². The van der Waals surface area contributed by atoms with Gasteiger partial charge in [0, 0.05) is 29.5 Å². The Bertz CT molecular complexity index is 969. The Morgan fingerprint density at radius 2 is 1.76 bits per heavy atom. The van der Waals surface area contributed by atoms with Crippen LogP contribution in [-0.4, -0.2) is 9.55 Å². The van der Waals surface area contributed by atoms with Crippen LogP contribution in [0.1, 0.15) is 0 Å². The van der Waals surface area contributed by atoms with E-state index in [1.807, 2.05) is 31.4 Å². The van der Waals surface area contributed by atoms with E-state index in [9.17, 15) is 4.39 Å². The summed E-state index contributed by atoms with van der Waals surface area (Å²) in [6.07, 6.45) is 3.67. The predicted octanol–water partition coefficient (Wildman–Crippen LogP) is 4.53. The minimum absolute atomic E-state index is 0.213. The van der Waals surface area contributed by atoms with E-state index in [0.29, 0.717) is 0 Å². The van der Waals surface area contributed by atoms with Crippen LogP contribution in [0.25, 0.3) is 32.9 Å². The lowest BCUT2D eigenvalue weighted by atomic mass is 10.0. The molecule has 2 heterocycles. The molecule has 0 spiro atoms. The monoisotopic (exact) mass is 276 g/mol. The van der Waals surface area contributed by atoms with Gasteiger partial charge < -0.3 is 4.57 Å². The molecule has 0 N–H and O–H groups in total. The van der Waals surface area contributed by atoms with Crippen molar-refractivity contribution in [3.8, 4) is 11.1 Å². The fourth-order valence-corrected chi connectivity index (χ4v) is 2.90. The minimum Gasteiger partial charge on any atom is -0.342 e. The number of hydrogen-bond acceptors (Lipinski definition) is 1. The van der Waals surface area contributed by atoms with Crippen molar-refractivity contribution in [2.45, 2.75) is 0 Å². The minimum atomic E-state index is -0.213. The zero-order chi connectivity index (χ0) is 14.4. The van der Waals surface area contributed by atoms with Crippen LogP contribution in [0.5, 0.6) is 0 Å². The molecule has 2 aromatic heterocycles. The molecule has 0 unspecified atom stereocenters. The number of aryl methyl sites for hydroxylation is 1. The Morgan fingerprint density at radius 3 is 2.62 bits per heavy atom. The van der Waals surface area contributed by atoms with Crippen LogP contribution in [0.4, 0.5) is 4.39 Å². The van der Waals surface area contributed by atoms with Gasteiger partial charge in [0.2, 0.25) is 0 Å². The van der Waals surface area contributed by atoms with Gasteiger partial charge in [0.25, 0.3) is 0 Å². The zero-order valence-corrected chi connectivity index (χ0v) is 11.5. The van der Waals surface area contributed by atoms with Crippen LogP contribution in [0.2, 0.25) is 0 Å². The second-order valence-electron chi connectivity index (χ2n) is 5.19. The average Bonchev–Trinajstić information content (AvgIpc) is 2.81. The number of halogens is 1. The van der Waals surface area contributed by atoms with Crippen molar-refractivity contribution in [3.05, 3.63) is 66.7 Å². The first-order valence-electron chi connectivity index (χ1n) is 6.82. The molecular weight excluding hydrogens is 263 g/mol. The van der Waals surface area contributed by atoms with E-state index in [2.05, 4.69) is 21.7 Å². The van der Waals surface area contributed by atoms with Crippen LogP contribution in [0.3, 0.4) is 0 Å². The number of benzene rings is 2. The van der Waals surface area contributed by atoms with Crippen molar-refractivity contribution < 1.29 is 4.39 Å². The fourth-order valence-electron chi connectivity index (χ4n) is 2.90. The number of aromatic nitrogens is 2. The Hall–Kier alpha value is -2.68. The SMILES string of the molecule is Cn1c2ccc(-c3cccc(F)c3)cc2c2ccncc21. The smallest absolute Gasteiger partial charge is 0.123 e. The largest absolute Gasteiger partial charge is 0.342 e. The molecule has 2 nitrogen and oxygen atoms in total. The highest BCUT2D eigenvalue weighted by Crippen LogP contribution is 2.31. The molecule has 2 aromatic carbocycles. The summed E-state index contributed by atoms with van der Waals surface area (Å²) < 4.78 is 15.5. The zero-order valence-electron chi connectivity index (χ0n) is 11.5. The maximum absolute atomic E-state index is 13.4. The number of rotatable bonds is 1. The molecule has 0 saturated heterocycles. The molecule has 102 valence electrons. The second-order valence-corrected chi connectivity index (χ2v) is 5.19. The maximum Gasteiger partial charge on any atom is 0.123 e. The Balaban J connectivity index is 2.04. The molecule has 0 aliphatic rings. The van der Waals surface area contributed by atoms with Gasteiger partial charge >= 0.3 is 0 Å². The van der Waals surface area contributed by atoms with Crippen molar-refractivity contribution in [3.63, 3.8) is 0 Å². The Labute approximate surface area is 121 Å². The second kappa shape index (κ2) is 4.42. The first kappa shape index (κ1) is 12.1. The lowest BCUT2D eigenvalue weighted by Crippen LogP contribution is -1.86. The van der Waals surface area contributed by atoms with E-state index in [1.165, 1.54) is 11.5 Å². The van der Waals surface area contributed by atoms with Crippen molar-refractivity contribution >= 4 is 21.8 Å². The molecule has 3 heteroatoms. The summed E-state index contributed by atoms with van der Waals surface area (Å²) in [5.41, 5.74) is 4.16. The first-order valence-corrected chi connectivity index (χ1v) is 6.82. The summed E-state index contributed by atoms with van der Waals surface area (Å²) >= 11 is 0. The summed E-state index contributed by atoms with van der Waals surface area (Å²) in [5, 5.41) is 2.33. The predicted molar refractivity (Wildman–Crippen MR) is 83.6 cm³/mol. The van der Waals surface area contributed by atoms with Gasteiger partial charge in [0.05, 0.1) is 11.7 Å². The van der Waals surface area contributed by atoms with Crippen molar-refractivity contribution in [2.75, 3.05) is 0 Å². The fraction of sp³-hybridized carbons (Fsp3) is 0.0556. The highest BCUT2D eigenvalue weighted by atomic mass is 19.1. The third-order valence-corrected chi connectivity index (χ3v) is 3.97. The van der Waals surface area contributed by atoms with E-state index < -0.39 is 0 Å². The van der Waals surface area contributed by atoms with Gasteiger partial charge in [-0.25, -0.2) is 4.39 Å². The Morgan fingerprint density at radius 1 is 0.905 bits per heavy atom. The van der Waals surface area contributed by atoms with Gasteiger partial charge in [-0.1, -0.05) is 18.2 Å². The van der Waals surface area contributed by atoms with Crippen molar-refractivity contribution in [2.24, 2.45) is 7.05 Å². The highest BCUT2D eigenvalue weighted by Gasteiger charge is 2.09. The molecule has 4 aromatic rings. The number of fused-ring (bicyclic) bond motifs is 3. The summed E-state index contributed by atoms with van der Waals surface area (Å²) in [6.45, 7) is 0. The lowest BCUT2D eigenvalue weighted by Gasteiger charge is -2.03. The molecule has 21 heavy (non-hydrogen) atoms. The Kier molecular flexibility index (Phi) is 2.54. The average molecular weight is 276 g/mol. The van der Waals surface area contributed by atoms with Gasteiger partial charge in [-0.15, -0.1) is 0 Å². The van der Waals surface area contributed by atoms with Gasteiger partial charge in [-0.3, -0.25) is 4.98 Å². The van der Waals surface area contributed by atoms with E-state index >= 15 is 0 Å². The number of hydrogen-bond donors (Lipinski definition) is 0. The number of pyridine rings is 1. The van der Waals surface area contributed by atoms with Gasteiger partial charge in [-0.05, 0) is 41.5 Å². The third kappa shape index (κ3) is 1.82. The summed E-state index contributed by atoms with van der Waals surface area (Å²) in [7, 11) is 2.04. The molecule has 0 amide bonds. The topological polar surface area (TPSA) is 17.8 Å². The molecule has 0 radical (unpaired) electrons. The summed E-state index contributed by atoms with van der Waals surface area (Å²) in [6, 6.07) is 14.9. The third-order valence-electron chi connectivity index (χ3n) is 3.97. The summed E-state index contributed by atoms with van der Waals surface area (Å²) in [5.74, 6) is -0.213. The maximum atomic E-state index is 13.4. The molecule has 0 aliphatic heterocycles. The normalized spacial score (nSPS) is 11.3. The first-order chi connectivity index (χ1) is 10.2. The standard InChI is InChI=1S/C18H13FN2/c1-21-17-6-5-13(12-3-2-4-14(19)9-12)10-16(17)15-7-8-20-11-18(15)21/h2-11H,1H3. The van der Waals surface area contributed by atoms with E-state index in [-0.39, 0.29) is 5.82 Å². The van der Waals surface area contributed by atoms with E-state index in [4.69, 9.17) is 0 Å². The molecule has 0 saturated carbocycles. The molecule has 0 bridgehead atoms. The van der Waals surface area contributed by atoms with Crippen molar-refractivity contribution in [1.82, 2.24) is 9.55 Å². The molecule has 0 aliphatic carbocycles. The summed E-state index contributed by atoms with van der Waals surface area (Å²) in [4.78, 5) is 4.19. The van der Waals surface area contributed by atoms with Crippen LogP contribution in [0, 0.1) is 5.82 Å². The molecule has 0 atom stereocenters. The van der Waals surface area contributed by atoms with Gasteiger partial charge in [0.15, 0.2) is 0 Å². The number of nitrogens with zero attached hydrogens (tertiary/aromatic N) is 2. The van der Waals surface area contributed by atoms with E-state index in [1.54, 1.807) is 18.3 Å².